The SMILES string of the molecule is CCC(CC)(CC1OC(n2cc3nc(C)c(=O)[nH]c3nc2=S)C(O)C1O)OP(=O)(O)C(C)(O)CC. The zero-order valence-corrected chi connectivity index (χ0v) is 22.0. The Bertz CT molecular complexity index is 1240. The number of rotatable bonds is 9. The first kappa shape index (κ1) is 28.0. The van der Waals surface area contributed by atoms with Gasteiger partial charge in [-0.05, 0) is 45.3 Å². The number of fused-ring (bicyclic) bond motifs is 1. The van der Waals surface area contributed by atoms with Gasteiger partial charge in [-0.25, -0.2) is 4.98 Å². The number of aryl methyl sites for hydroxylation is 1. The van der Waals surface area contributed by atoms with Crippen molar-refractivity contribution in [3.05, 3.63) is 27.0 Å². The van der Waals surface area contributed by atoms with Crippen LogP contribution in [0, 0.1) is 11.7 Å². The van der Waals surface area contributed by atoms with Crippen molar-refractivity contribution in [2.24, 2.45) is 0 Å². The Morgan fingerprint density at radius 1 is 1.23 bits per heavy atom. The Morgan fingerprint density at radius 3 is 2.43 bits per heavy atom. The Balaban J connectivity index is 1.92. The molecule has 0 aliphatic carbocycles. The Morgan fingerprint density at radius 2 is 1.86 bits per heavy atom. The fourth-order valence-electron chi connectivity index (χ4n) is 4.00. The van der Waals surface area contributed by atoms with Crippen LogP contribution in [0.3, 0.4) is 0 Å². The minimum absolute atomic E-state index is 0.000380. The highest BCUT2D eigenvalue weighted by molar-refractivity contribution is 7.71. The molecule has 5 N–H and O–H groups in total. The molecule has 196 valence electrons. The summed E-state index contributed by atoms with van der Waals surface area (Å²) in [6.45, 7) is 7.87. The van der Waals surface area contributed by atoms with E-state index in [1.165, 1.54) is 24.6 Å². The molecule has 3 rings (SSSR count). The molecular weight excluding hydrogens is 499 g/mol. The van der Waals surface area contributed by atoms with Crippen LogP contribution in [0.5, 0.6) is 0 Å². The van der Waals surface area contributed by atoms with Crippen molar-refractivity contribution in [3.63, 3.8) is 0 Å². The predicted octanol–water partition coefficient (Wildman–Crippen LogP) is 2.05. The third kappa shape index (κ3) is 5.28. The quantitative estimate of drug-likeness (QED) is 0.236. The van der Waals surface area contributed by atoms with E-state index < -0.39 is 48.6 Å². The van der Waals surface area contributed by atoms with Crippen LogP contribution in [0.25, 0.3) is 11.2 Å². The summed E-state index contributed by atoms with van der Waals surface area (Å²) < 4.78 is 25.9. The maximum atomic E-state index is 12.9. The van der Waals surface area contributed by atoms with E-state index in [0.29, 0.717) is 5.52 Å². The van der Waals surface area contributed by atoms with Gasteiger partial charge in [0.15, 0.2) is 17.2 Å². The van der Waals surface area contributed by atoms with Crippen molar-refractivity contribution in [2.45, 2.75) is 95.8 Å². The first-order chi connectivity index (χ1) is 16.2. The van der Waals surface area contributed by atoms with E-state index in [-0.39, 0.29) is 41.8 Å². The first-order valence-corrected chi connectivity index (χ1v) is 13.5. The summed E-state index contributed by atoms with van der Waals surface area (Å²) in [4.78, 5) is 33.3. The van der Waals surface area contributed by atoms with Crippen LogP contribution in [0.2, 0.25) is 0 Å². The molecule has 3 heterocycles. The van der Waals surface area contributed by atoms with Crippen molar-refractivity contribution in [1.82, 2.24) is 19.5 Å². The Kier molecular flexibility index (Phi) is 8.05. The third-order valence-corrected chi connectivity index (χ3v) is 9.32. The van der Waals surface area contributed by atoms with Crippen LogP contribution < -0.4 is 5.56 Å². The van der Waals surface area contributed by atoms with Crippen LogP contribution in [0.15, 0.2) is 11.0 Å². The number of nitrogens with zero attached hydrogens (tertiary/aromatic N) is 3. The highest BCUT2D eigenvalue weighted by Crippen LogP contribution is 2.59. The largest absolute Gasteiger partial charge is 0.388 e. The van der Waals surface area contributed by atoms with E-state index in [4.69, 9.17) is 21.5 Å². The van der Waals surface area contributed by atoms with Gasteiger partial charge in [0.2, 0.25) is 4.77 Å². The molecule has 0 amide bonds. The van der Waals surface area contributed by atoms with E-state index >= 15 is 0 Å². The fourth-order valence-corrected chi connectivity index (χ4v) is 5.71. The first-order valence-electron chi connectivity index (χ1n) is 11.5. The van der Waals surface area contributed by atoms with Gasteiger partial charge in [0.1, 0.15) is 23.4 Å². The molecule has 0 saturated carbocycles. The zero-order valence-electron chi connectivity index (χ0n) is 20.3. The lowest BCUT2D eigenvalue weighted by atomic mass is 9.88. The third-order valence-electron chi connectivity index (χ3n) is 6.85. The molecule has 2 aromatic rings. The second kappa shape index (κ2) is 10.1. The number of hydrogen-bond acceptors (Lipinski definition) is 10. The maximum absolute atomic E-state index is 12.9. The van der Waals surface area contributed by atoms with E-state index in [1.54, 1.807) is 20.8 Å². The average Bonchev–Trinajstić information content (AvgIpc) is 3.07. The zero-order chi connectivity index (χ0) is 26.3. The van der Waals surface area contributed by atoms with Crippen LogP contribution in [0.1, 0.15) is 65.3 Å². The van der Waals surface area contributed by atoms with E-state index in [2.05, 4.69) is 15.0 Å². The molecule has 0 radical (unpaired) electrons. The smallest absolute Gasteiger partial charge is 0.359 e. The summed E-state index contributed by atoms with van der Waals surface area (Å²) in [6.07, 6.45) is -2.86. The van der Waals surface area contributed by atoms with Gasteiger partial charge in [0, 0.05) is 12.6 Å². The molecule has 0 bridgehead atoms. The summed E-state index contributed by atoms with van der Waals surface area (Å²) in [7, 11) is -4.47. The van der Waals surface area contributed by atoms with Gasteiger partial charge >= 0.3 is 7.60 Å². The van der Waals surface area contributed by atoms with Gasteiger partial charge in [-0.1, -0.05) is 20.8 Å². The van der Waals surface area contributed by atoms with Gasteiger partial charge in [-0.15, -0.1) is 0 Å². The average molecular weight is 533 g/mol. The highest BCUT2D eigenvalue weighted by Gasteiger charge is 2.51. The second-order valence-corrected chi connectivity index (χ2v) is 11.7. The molecule has 2 aromatic heterocycles. The molecule has 0 spiro atoms. The molecule has 14 heteroatoms. The molecular formula is C21H33N4O8PS. The number of aromatic nitrogens is 4. The number of nitrogens with one attached hydrogen (secondary N) is 1. The number of aliphatic hydroxyl groups is 3. The number of hydrogen-bond donors (Lipinski definition) is 5. The lowest BCUT2D eigenvalue weighted by molar-refractivity contribution is -0.0768. The predicted molar refractivity (Wildman–Crippen MR) is 129 cm³/mol. The topological polar surface area (TPSA) is 180 Å². The summed E-state index contributed by atoms with van der Waals surface area (Å²) >= 11 is 5.31. The second-order valence-electron chi connectivity index (χ2n) is 9.14. The molecule has 1 fully saturated rings. The van der Waals surface area contributed by atoms with Gasteiger partial charge in [0.25, 0.3) is 5.56 Å². The lowest BCUT2D eigenvalue weighted by Crippen LogP contribution is -2.41. The number of aromatic amines is 1. The van der Waals surface area contributed by atoms with Crippen molar-refractivity contribution >= 4 is 31.0 Å². The monoisotopic (exact) mass is 532 g/mol. The number of ether oxygens (including phenoxy) is 1. The molecule has 6 atom stereocenters. The van der Waals surface area contributed by atoms with Gasteiger partial charge < -0.3 is 29.9 Å². The molecule has 0 aromatic carbocycles. The summed E-state index contributed by atoms with van der Waals surface area (Å²) in [5.41, 5.74) is -0.906. The lowest BCUT2D eigenvalue weighted by Gasteiger charge is -2.39. The van der Waals surface area contributed by atoms with Crippen LogP contribution >= 0.6 is 19.8 Å². The number of H-pyrrole nitrogens is 1. The summed E-state index contributed by atoms with van der Waals surface area (Å²) in [5, 5.41) is 30.0. The number of aliphatic hydroxyl groups excluding tert-OH is 2. The van der Waals surface area contributed by atoms with Crippen molar-refractivity contribution < 1.29 is 34.0 Å². The van der Waals surface area contributed by atoms with Crippen LogP contribution in [-0.2, 0) is 13.8 Å². The van der Waals surface area contributed by atoms with Crippen molar-refractivity contribution in [1.29, 1.82) is 0 Å². The van der Waals surface area contributed by atoms with Crippen molar-refractivity contribution in [2.75, 3.05) is 0 Å². The minimum atomic E-state index is -4.47. The summed E-state index contributed by atoms with van der Waals surface area (Å²) in [5.74, 6) is 0. The normalized spacial score (nSPS) is 26.5. The van der Waals surface area contributed by atoms with Crippen molar-refractivity contribution in [3.8, 4) is 0 Å². The molecule has 35 heavy (non-hydrogen) atoms. The van der Waals surface area contributed by atoms with E-state index in [9.17, 15) is 29.6 Å². The van der Waals surface area contributed by atoms with Gasteiger partial charge in [0.05, 0.1) is 11.7 Å². The Hall–Kier alpha value is -1.57. The fraction of sp³-hybridized carbons (Fsp3) is 0.714. The van der Waals surface area contributed by atoms with Gasteiger partial charge in [-0.2, -0.15) is 4.98 Å². The van der Waals surface area contributed by atoms with Crippen LogP contribution in [0.4, 0.5) is 0 Å². The minimum Gasteiger partial charge on any atom is -0.388 e. The maximum Gasteiger partial charge on any atom is 0.359 e. The van der Waals surface area contributed by atoms with Gasteiger partial charge in [-0.3, -0.25) is 18.5 Å². The molecule has 1 aliphatic rings. The van der Waals surface area contributed by atoms with Crippen LogP contribution in [-0.4, -0.2) is 69.0 Å². The standard InChI is InChI=1S/C21H33N4O8PS/c1-6-20(5,29)34(30,31)33-21(7-2,8-3)9-13-14(26)15(27)18(32-13)25-10-12-16(24-19(25)35)23-17(28)11(4)22-12/h10,13-15,18,26-27,29H,6-9H2,1-5H3,(H,30,31)(H,23,24,28,35). The molecule has 6 unspecified atom stereocenters. The molecule has 12 nitrogen and oxygen atoms in total. The Labute approximate surface area is 207 Å². The molecule has 1 aliphatic heterocycles. The van der Waals surface area contributed by atoms with E-state index in [0.717, 1.165) is 0 Å². The highest BCUT2D eigenvalue weighted by atomic mass is 32.1. The van der Waals surface area contributed by atoms with E-state index in [1.807, 2.05) is 0 Å². The molecule has 1 saturated heterocycles. The summed E-state index contributed by atoms with van der Waals surface area (Å²) in [6, 6.07) is 0.